The molecule has 0 amide bonds. The maximum absolute atomic E-state index is 13.2. The Labute approximate surface area is 121 Å². The highest BCUT2D eigenvalue weighted by atomic mass is 19.1. The van der Waals surface area contributed by atoms with E-state index in [9.17, 15) is 8.78 Å². The Kier molecular flexibility index (Phi) is 7.14. The molecule has 1 aromatic carbocycles. The minimum atomic E-state index is -0.660. The van der Waals surface area contributed by atoms with Gasteiger partial charge < -0.3 is 5.73 Å². The Bertz CT molecular complexity index is 382. The summed E-state index contributed by atoms with van der Waals surface area (Å²) in [4.78, 5) is 0. The largest absolute Gasteiger partial charge is 0.322 e. The van der Waals surface area contributed by atoms with Crippen molar-refractivity contribution in [3.8, 4) is 0 Å². The lowest BCUT2D eigenvalue weighted by Gasteiger charge is -2.25. The van der Waals surface area contributed by atoms with Crippen LogP contribution in [0.1, 0.15) is 70.8 Å². The average Bonchev–Trinajstić information content (AvgIpc) is 2.36. The molecule has 0 spiro atoms. The second-order valence-corrected chi connectivity index (χ2v) is 5.95. The van der Waals surface area contributed by atoms with E-state index < -0.39 is 17.2 Å². The first kappa shape index (κ1) is 17.1. The van der Waals surface area contributed by atoms with Crippen LogP contribution in [0.2, 0.25) is 0 Å². The Balaban J connectivity index is 2.37. The van der Waals surface area contributed by atoms with Gasteiger partial charge in [-0.2, -0.15) is 0 Å². The number of unbranched alkanes of at least 4 members (excludes halogenated alkanes) is 6. The number of benzene rings is 1. The van der Waals surface area contributed by atoms with Crippen molar-refractivity contribution in [1.29, 1.82) is 0 Å². The molecule has 114 valence electrons. The fraction of sp³-hybridized carbons (Fsp3) is 0.647. The predicted octanol–water partition coefficient (Wildman–Crippen LogP) is 5.28. The highest BCUT2D eigenvalue weighted by Gasteiger charge is 2.22. The third kappa shape index (κ3) is 6.00. The third-order valence-corrected chi connectivity index (χ3v) is 3.82. The Morgan fingerprint density at radius 3 is 1.95 bits per heavy atom. The van der Waals surface area contributed by atoms with Crippen molar-refractivity contribution >= 4 is 0 Å². The van der Waals surface area contributed by atoms with Crippen molar-refractivity contribution in [3.63, 3.8) is 0 Å². The summed E-state index contributed by atoms with van der Waals surface area (Å²) in [5.74, 6) is -1.12. The normalized spacial score (nSPS) is 14.2. The van der Waals surface area contributed by atoms with Crippen LogP contribution in [0.5, 0.6) is 0 Å². The molecule has 3 heteroatoms. The molecule has 20 heavy (non-hydrogen) atoms. The van der Waals surface area contributed by atoms with E-state index in [1.54, 1.807) is 0 Å². The lowest BCUT2D eigenvalue weighted by atomic mass is 9.87. The van der Waals surface area contributed by atoms with Crippen LogP contribution < -0.4 is 5.73 Å². The first-order valence-electron chi connectivity index (χ1n) is 7.71. The molecule has 0 heterocycles. The molecule has 0 aliphatic heterocycles. The van der Waals surface area contributed by atoms with Gasteiger partial charge in [-0.25, -0.2) is 8.78 Å². The summed E-state index contributed by atoms with van der Waals surface area (Å²) in [5, 5.41) is 0. The van der Waals surface area contributed by atoms with E-state index >= 15 is 0 Å². The highest BCUT2D eigenvalue weighted by molar-refractivity contribution is 5.24. The van der Waals surface area contributed by atoms with Gasteiger partial charge in [-0.1, -0.05) is 51.9 Å². The van der Waals surface area contributed by atoms with E-state index in [4.69, 9.17) is 5.73 Å². The van der Waals surface area contributed by atoms with Gasteiger partial charge in [-0.05, 0) is 31.0 Å². The lowest BCUT2D eigenvalue weighted by molar-refractivity contribution is 0.415. The van der Waals surface area contributed by atoms with Crippen LogP contribution in [0.25, 0.3) is 0 Å². The molecule has 0 aliphatic rings. The quantitative estimate of drug-likeness (QED) is 0.613. The van der Waals surface area contributed by atoms with E-state index in [0.717, 1.165) is 25.3 Å². The molecule has 1 rings (SSSR count). The second kappa shape index (κ2) is 8.35. The number of hydrogen-bond acceptors (Lipinski definition) is 1. The molecule has 0 bridgehead atoms. The van der Waals surface area contributed by atoms with Gasteiger partial charge in [0.1, 0.15) is 11.6 Å². The van der Waals surface area contributed by atoms with Crippen molar-refractivity contribution in [3.05, 3.63) is 35.4 Å². The number of hydrogen-bond donors (Lipinski definition) is 1. The molecule has 0 aromatic heterocycles. The Hall–Kier alpha value is -0.960. The fourth-order valence-electron chi connectivity index (χ4n) is 2.48. The molecule has 1 aromatic rings. The molecule has 2 N–H and O–H groups in total. The molecular weight excluding hydrogens is 256 g/mol. The maximum Gasteiger partial charge on any atom is 0.126 e. The first-order chi connectivity index (χ1) is 9.45. The molecule has 1 nitrogen and oxygen atoms in total. The SMILES string of the molecule is CCCCCCCCCC(C)(N)c1cc(F)cc(F)c1. The summed E-state index contributed by atoms with van der Waals surface area (Å²) < 4.78 is 26.4. The Morgan fingerprint density at radius 2 is 1.40 bits per heavy atom. The first-order valence-corrected chi connectivity index (χ1v) is 7.71. The van der Waals surface area contributed by atoms with Crippen LogP contribution >= 0.6 is 0 Å². The topological polar surface area (TPSA) is 26.0 Å². The molecule has 0 saturated heterocycles. The summed E-state index contributed by atoms with van der Waals surface area (Å²) in [6.45, 7) is 4.05. The Morgan fingerprint density at radius 1 is 0.900 bits per heavy atom. The molecule has 0 fully saturated rings. The zero-order valence-corrected chi connectivity index (χ0v) is 12.7. The van der Waals surface area contributed by atoms with Gasteiger partial charge in [0.05, 0.1) is 0 Å². The van der Waals surface area contributed by atoms with Crippen LogP contribution in [-0.4, -0.2) is 0 Å². The van der Waals surface area contributed by atoms with E-state index in [0.29, 0.717) is 5.56 Å². The van der Waals surface area contributed by atoms with Crippen molar-refractivity contribution in [2.75, 3.05) is 0 Å². The molecule has 0 saturated carbocycles. The smallest absolute Gasteiger partial charge is 0.126 e. The van der Waals surface area contributed by atoms with Crippen molar-refractivity contribution in [2.24, 2.45) is 5.73 Å². The number of halogens is 2. The van der Waals surface area contributed by atoms with Gasteiger partial charge in [0.25, 0.3) is 0 Å². The average molecular weight is 283 g/mol. The number of nitrogens with two attached hydrogens (primary N) is 1. The van der Waals surface area contributed by atoms with Gasteiger partial charge in [0.2, 0.25) is 0 Å². The summed E-state index contributed by atoms with van der Waals surface area (Å²) >= 11 is 0. The second-order valence-electron chi connectivity index (χ2n) is 5.95. The zero-order valence-electron chi connectivity index (χ0n) is 12.7. The van der Waals surface area contributed by atoms with Crippen LogP contribution in [0.4, 0.5) is 8.78 Å². The van der Waals surface area contributed by atoms with E-state index in [1.807, 2.05) is 6.92 Å². The lowest BCUT2D eigenvalue weighted by Crippen LogP contribution is -2.33. The van der Waals surface area contributed by atoms with E-state index in [1.165, 1.54) is 44.2 Å². The van der Waals surface area contributed by atoms with Crippen molar-refractivity contribution in [2.45, 2.75) is 70.8 Å². The van der Waals surface area contributed by atoms with Crippen LogP contribution in [0, 0.1) is 11.6 Å². The molecular formula is C17H27F2N. The summed E-state index contributed by atoms with van der Waals surface area (Å²) in [6.07, 6.45) is 9.22. The van der Waals surface area contributed by atoms with E-state index in [2.05, 4.69) is 6.92 Å². The fourth-order valence-corrected chi connectivity index (χ4v) is 2.48. The van der Waals surface area contributed by atoms with Crippen LogP contribution in [-0.2, 0) is 5.54 Å². The maximum atomic E-state index is 13.2. The standard InChI is InChI=1S/C17H27F2N/c1-3-4-5-6-7-8-9-10-17(2,20)14-11-15(18)13-16(19)12-14/h11-13H,3-10,20H2,1-2H3. The minimum Gasteiger partial charge on any atom is -0.322 e. The van der Waals surface area contributed by atoms with E-state index in [-0.39, 0.29) is 0 Å². The van der Waals surface area contributed by atoms with Gasteiger partial charge in [-0.3, -0.25) is 0 Å². The van der Waals surface area contributed by atoms with Crippen LogP contribution in [0.3, 0.4) is 0 Å². The third-order valence-electron chi connectivity index (χ3n) is 3.82. The zero-order chi connectivity index (χ0) is 15.0. The molecule has 1 atom stereocenters. The molecule has 0 radical (unpaired) electrons. The van der Waals surface area contributed by atoms with Gasteiger partial charge >= 0.3 is 0 Å². The monoisotopic (exact) mass is 283 g/mol. The van der Waals surface area contributed by atoms with Gasteiger partial charge in [0, 0.05) is 11.6 Å². The highest BCUT2D eigenvalue weighted by Crippen LogP contribution is 2.26. The number of rotatable bonds is 9. The van der Waals surface area contributed by atoms with Gasteiger partial charge in [0.15, 0.2) is 0 Å². The summed E-state index contributed by atoms with van der Waals surface area (Å²) in [7, 11) is 0. The summed E-state index contributed by atoms with van der Waals surface area (Å²) in [6, 6.07) is 3.56. The predicted molar refractivity (Wildman–Crippen MR) is 80.5 cm³/mol. The van der Waals surface area contributed by atoms with Crippen LogP contribution in [0.15, 0.2) is 18.2 Å². The van der Waals surface area contributed by atoms with Crippen molar-refractivity contribution in [1.82, 2.24) is 0 Å². The summed E-state index contributed by atoms with van der Waals surface area (Å²) in [5.41, 5.74) is 6.09. The molecule has 0 aliphatic carbocycles. The minimum absolute atomic E-state index is 0.543. The molecule has 1 unspecified atom stereocenters. The van der Waals surface area contributed by atoms with Crippen molar-refractivity contribution < 1.29 is 8.78 Å². The van der Waals surface area contributed by atoms with Gasteiger partial charge in [-0.15, -0.1) is 0 Å².